The molecule has 5 N–H and O–H groups in total. The molecule has 9 heteroatoms. The van der Waals surface area contributed by atoms with Gasteiger partial charge in [-0.2, -0.15) is 0 Å². The number of hydrogen-bond donors (Lipinski definition) is 5. The lowest BCUT2D eigenvalue weighted by Gasteiger charge is -2.11. The van der Waals surface area contributed by atoms with Crippen LogP contribution in [0.2, 0.25) is 13.6 Å². The van der Waals surface area contributed by atoms with Gasteiger partial charge in [-0.1, -0.05) is 0 Å². The summed E-state index contributed by atoms with van der Waals surface area (Å²) in [6, 6.07) is 0. The van der Waals surface area contributed by atoms with Crippen molar-refractivity contribution in [2.24, 2.45) is 4.90 Å². The van der Waals surface area contributed by atoms with Crippen LogP contribution < -0.4 is 10.5 Å². The first-order valence-corrected chi connectivity index (χ1v) is 4.08. The van der Waals surface area contributed by atoms with Crippen LogP contribution in [-0.2, 0) is 4.79 Å². The fourth-order valence-electron chi connectivity index (χ4n) is 0.678. The molecule has 0 atom stereocenters. The molecule has 0 aromatic rings. The van der Waals surface area contributed by atoms with Crippen molar-refractivity contribution in [2.45, 2.75) is 13.6 Å². The Morgan fingerprint density at radius 1 is 1.43 bits per heavy atom. The van der Waals surface area contributed by atoms with Gasteiger partial charge in [-0.15, -0.1) is 0 Å². The molecular weight excluding hydrogens is 188 g/mol. The Labute approximate surface area is 82.5 Å². The molecule has 0 aromatic heterocycles. The van der Waals surface area contributed by atoms with E-state index in [0.29, 0.717) is 0 Å². The van der Waals surface area contributed by atoms with Crippen LogP contribution in [0, 0.1) is 0 Å². The highest BCUT2D eigenvalue weighted by Gasteiger charge is 2.10. The van der Waals surface area contributed by atoms with Gasteiger partial charge in [0.1, 0.15) is 6.54 Å². The predicted molar refractivity (Wildman–Crippen MR) is 53.9 cm³/mol. The van der Waals surface area contributed by atoms with Gasteiger partial charge in [0.2, 0.25) is 0 Å². The average Bonchev–Trinajstić information content (AvgIpc) is 1.97. The minimum Gasteiger partial charge on any atom is -0.480 e. The number of hydrogen-bond acceptors (Lipinski definition) is 4. The van der Waals surface area contributed by atoms with Gasteiger partial charge in [-0.05, 0) is 13.6 Å². The first-order chi connectivity index (χ1) is 6.41. The number of guanidine groups is 1. The number of aliphatic carboxylic acids is 1. The molecule has 0 spiro atoms. The van der Waals surface area contributed by atoms with Crippen LogP contribution in [0.3, 0.4) is 0 Å². The van der Waals surface area contributed by atoms with Crippen molar-refractivity contribution in [1.29, 1.82) is 0 Å². The van der Waals surface area contributed by atoms with Gasteiger partial charge in [0, 0.05) is 0 Å². The van der Waals surface area contributed by atoms with Crippen LogP contribution in [0.25, 0.3) is 0 Å². The largest absolute Gasteiger partial charge is 0.480 e. The molecule has 0 radical (unpaired) electrons. The maximum Gasteiger partial charge on any atom is 0.431 e. The summed E-state index contributed by atoms with van der Waals surface area (Å²) in [7, 11) is -1.86. The SMILES string of the molecule is CB(O)/N=C(\NCC(=O)O)NB(C)O. The van der Waals surface area contributed by atoms with Crippen LogP contribution in [-0.4, -0.2) is 47.7 Å². The number of rotatable bonds is 4. The fraction of sp³-hybridized carbons (Fsp3) is 0.600. The van der Waals surface area contributed by atoms with Gasteiger partial charge in [-0.25, -0.2) is 0 Å². The van der Waals surface area contributed by atoms with E-state index in [2.05, 4.69) is 15.4 Å². The van der Waals surface area contributed by atoms with Crippen molar-refractivity contribution in [3.63, 3.8) is 0 Å². The minimum atomic E-state index is -1.06. The summed E-state index contributed by atoms with van der Waals surface area (Å²) in [5.74, 6) is -1.02. The number of nitrogens with zero attached hydrogens (tertiary/aromatic N) is 1. The van der Waals surface area contributed by atoms with E-state index in [4.69, 9.17) is 15.2 Å². The van der Waals surface area contributed by atoms with Gasteiger partial charge in [0.25, 0.3) is 0 Å². The van der Waals surface area contributed by atoms with E-state index >= 15 is 0 Å². The van der Waals surface area contributed by atoms with E-state index in [9.17, 15) is 4.79 Å². The Hall–Kier alpha value is -1.21. The summed E-state index contributed by atoms with van der Waals surface area (Å²) < 4.78 is 0. The van der Waals surface area contributed by atoms with Crippen LogP contribution >= 0.6 is 0 Å². The summed E-state index contributed by atoms with van der Waals surface area (Å²) in [4.78, 5) is 13.8. The summed E-state index contributed by atoms with van der Waals surface area (Å²) in [6.07, 6.45) is 0. The van der Waals surface area contributed by atoms with Crippen molar-refractivity contribution >= 4 is 26.0 Å². The molecule has 7 nitrogen and oxygen atoms in total. The van der Waals surface area contributed by atoms with Crippen molar-refractivity contribution < 1.29 is 19.9 Å². The van der Waals surface area contributed by atoms with Gasteiger partial charge in [-0.3, -0.25) is 9.70 Å². The summed E-state index contributed by atoms with van der Waals surface area (Å²) in [5.41, 5.74) is 0. The lowest BCUT2D eigenvalue weighted by Crippen LogP contribution is -2.47. The Bertz CT molecular complexity index is 221. The van der Waals surface area contributed by atoms with Crippen LogP contribution in [0.15, 0.2) is 4.90 Å². The molecule has 0 bridgehead atoms. The minimum absolute atomic E-state index is 0.0393. The van der Waals surface area contributed by atoms with Crippen LogP contribution in [0.4, 0.5) is 0 Å². The van der Waals surface area contributed by atoms with E-state index in [1.165, 1.54) is 13.6 Å². The van der Waals surface area contributed by atoms with Gasteiger partial charge in [0.05, 0.1) is 0 Å². The van der Waals surface area contributed by atoms with Crippen molar-refractivity contribution in [3.8, 4) is 0 Å². The fourth-order valence-corrected chi connectivity index (χ4v) is 0.678. The quantitative estimate of drug-likeness (QED) is 0.201. The maximum absolute atomic E-state index is 10.2. The van der Waals surface area contributed by atoms with Crippen molar-refractivity contribution in [3.05, 3.63) is 0 Å². The molecule has 0 aliphatic rings. The molecule has 14 heavy (non-hydrogen) atoms. The molecule has 0 aromatic carbocycles. The number of carbonyl (C=O) groups is 1. The molecule has 0 aliphatic heterocycles. The van der Waals surface area contributed by atoms with Crippen molar-refractivity contribution in [1.82, 2.24) is 10.5 Å². The molecule has 0 rings (SSSR count). The van der Waals surface area contributed by atoms with E-state index < -0.39 is 20.1 Å². The highest BCUT2D eigenvalue weighted by molar-refractivity contribution is 6.52. The molecule has 0 saturated carbocycles. The molecule has 0 aliphatic carbocycles. The standard InChI is InChI=1S/C5H13B2N3O4/c1-6(13)9-5(10-7(2)14)8-3-4(11)12/h13-14H,3H2,1-2H3,(H,11,12)(H2,8,9,10). The third-order valence-corrected chi connectivity index (χ3v) is 1.07. The molecule has 78 valence electrons. The first-order valence-electron chi connectivity index (χ1n) is 4.08. The van der Waals surface area contributed by atoms with Gasteiger partial charge < -0.3 is 25.7 Å². The Morgan fingerprint density at radius 3 is 2.36 bits per heavy atom. The number of carboxylic acid groups (broad SMARTS) is 1. The Morgan fingerprint density at radius 2 is 2.00 bits per heavy atom. The van der Waals surface area contributed by atoms with E-state index in [-0.39, 0.29) is 12.5 Å². The molecule has 0 unspecified atom stereocenters. The van der Waals surface area contributed by atoms with Crippen LogP contribution in [0.1, 0.15) is 0 Å². The summed E-state index contributed by atoms with van der Waals surface area (Å²) >= 11 is 0. The molecular formula is C5H13B2N3O4. The highest BCUT2D eigenvalue weighted by atomic mass is 16.4. The zero-order chi connectivity index (χ0) is 11.1. The average molecular weight is 201 g/mol. The lowest BCUT2D eigenvalue weighted by molar-refractivity contribution is -0.135. The van der Waals surface area contributed by atoms with Gasteiger partial charge >= 0.3 is 20.1 Å². The van der Waals surface area contributed by atoms with Gasteiger partial charge in [0.15, 0.2) is 5.96 Å². The second-order valence-electron chi connectivity index (χ2n) is 2.68. The lowest BCUT2D eigenvalue weighted by atomic mass is 9.88. The first kappa shape index (κ1) is 12.8. The predicted octanol–water partition coefficient (Wildman–Crippen LogP) is -2.17. The maximum atomic E-state index is 10.2. The highest BCUT2D eigenvalue weighted by Crippen LogP contribution is 1.79. The molecule has 0 heterocycles. The van der Waals surface area contributed by atoms with E-state index in [1.807, 2.05) is 0 Å². The van der Waals surface area contributed by atoms with Crippen molar-refractivity contribution in [2.75, 3.05) is 6.54 Å². The monoisotopic (exact) mass is 201 g/mol. The second kappa shape index (κ2) is 6.27. The normalized spacial score (nSPS) is 10.7. The Balaban J connectivity index is 4.18. The third kappa shape index (κ3) is 7.44. The third-order valence-electron chi connectivity index (χ3n) is 1.07. The van der Waals surface area contributed by atoms with E-state index in [0.717, 1.165) is 0 Å². The smallest absolute Gasteiger partial charge is 0.431 e. The number of nitrogens with one attached hydrogen (secondary N) is 2. The molecule has 0 saturated heterocycles. The second-order valence-corrected chi connectivity index (χ2v) is 2.68. The molecule has 0 amide bonds. The van der Waals surface area contributed by atoms with Crippen LogP contribution in [0.5, 0.6) is 0 Å². The summed E-state index contributed by atoms with van der Waals surface area (Å²) in [5, 5.41) is 31.0. The topological polar surface area (TPSA) is 114 Å². The molecule has 0 fully saturated rings. The van der Waals surface area contributed by atoms with E-state index in [1.54, 1.807) is 0 Å². The number of carboxylic acids is 1. The zero-order valence-corrected chi connectivity index (χ0v) is 8.06. The summed E-state index contributed by atoms with van der Waals surface area (Å²) in [6.45, 7) is 2.51. The Kier molecular flexibility index (Phi) is 5.73. The zero-order valence-electron chi connectivity index (χ0n) is 8.06.